The third kappa shape index (κ3) is 1.54. The maximum Gasteiger partial charge on any atom is 0.311 e. The second-order valence-corrected chi connectivity index (χ2v) is 3.01. The van der Waals surface area contributed by atoms with E-state index in [0.717, 1.165) is 5.56 Å². The van der Waals surface area contributed by atoms with Gasteiger partial charge in [0.05, 0.1) is 18.6 Å². The molecule has 0 amide bonds. The van der Waals surface area contributed by atoms with Gasteiger partial charge in [-0.15, -0.1) is 0 Å². The maximum atomic E-state index is 10.7. The Bertz CT molecular complexity index is 373. The molecule has 0 saturated carbocycles. The van der Waals surface area contributed by atoms with Gasteiger partial charge in [-0.3, -0.25) is 10.1 Å². The van der Waals surface area contributed by atoms with Crippen LogP contribution in [0, 0.1) is 10.1 Å². The highest BCUT2D eigenvalue weighted by molar-refractivity contribution is 5.49. The summed E-state index contributed by atoms with van der Waals surface area (Å²) in [5, 5.41) is 10.7. The molecular weight excluding hydrogens is 186 g/mol. The number of methoxy groups -OCH3 is 1. The van der Waals surface area contributed by atoms with Crippen LogP contribution in [0.4, 0.5) is 5.69 Å². The highest BCUT2D eigenvalue weighted by Crippen LogP contribution is 2.35. The second kappa shape index (κ2) is 3.26. The standard InChI is InChI=1S/C9H9NO4/c1-13-8-3-2-6(9-5-14-9)4-7(8)10(11)12/h2-4,9H,5H2,1H3/t9-/m0/s1. The highest BCUT2D eigenvalue weighted by Gasteiger charge is 2.27. The lowest BCUT2D eigenvalue weighted by Gasteiger charge is -2.02. The van der Waals surface area contributed by atoms with Crippen molar-refractivity contribution >= 4 is 5.69 Å². The van der Waals surface area contributed by atoms with Crippen molar-refractivity contribution in [2.75, 3.05) is 13.7 Å². The first-order chi connectivity index (χ1) is 6.72. The summed E-state index contributed by atoms with van der Waals surface area (Å²) in [4.78, 5) is 10.2. The molecule has 1 aromatic carbocycles. The van der Waals surface area contributed by atoms with Crippen molar-refractivity contribution in [3.63, 3.8) is 0 Å². The van der Waals surface area contributed by atoms with E-state index < -0.39 is 4.92 Å². The molecule has 0 N–H and O–H groups in total. The van der Waals surface area contributed by atoms with Crippen LogP contribution in [0.1, 0.15) is 11.7 Å². The molecule has 1 heterocycles. The number of hydrogen-bond donors (Lipinski definition) is 0. The summed E-state index contributed by atoms with van der Waals surface area (Å²) in [6, 6.07) is 4.87. The maximum absolute atomic E-state index is 10.7. The zero-order valence-electron chi connectivity index (χ0n) is 7.60. The average Bonchev–Trinajstić information content (AvgIpc) is 3.00. The minimum absolute atomic E-state index is 0.0134. The smallest absolute Gasteiger partial charge is 0.311 e. The van der Waals surface area contributed by atoms with E-state index in [9.17, 15) is 10.1 Å². The quantitative estimate of drug-likeness (QED) is 0.418. The Morgan fingerprint density at radius 2 is 2.36 bits per heavy atom. The van der Waals surface area contributed by atoms with E-state index in [4.69, 9.17) is 9.47 Å². The molecule has 0 spiro atoms. The van der Waals surface area contributed by atoms with Crippen molar-refractivity contribution in [2.24, 2.45) is 0 Å². The molecule has 1 saturated heterocycles. The predicted molar refractivity (Wildman–Crippen MR) is 48.3 cm³/mol. The minimum Gasteiger partial charge on any atom is -0.490 e. The molecule has 0 radical (unpaired) electrons. The fraction of sp³-hybridized carbons (Fsp3) is 0.333. The first-order valence-electron chi connectivity index (χ1n) is 4.16. The van der Waals surface area contributed by atoms with E-state index in [0.29, 0.717) is 6.61 Å². The van der Waals surface area contributed by atoms with Crippen molar-refractivity contribution in [3.8, 4) is 5.75 Å². The van der Waals surface area contributed by atoms with Gasteiger partial charge in [0.15, 0.2) is 5.75 Å². The number of nitrogens with zero attached hydrogens (tertiary/aromatic N) is 1. The summed E-state index contributed by atoms with van der Waals surface area (Å²) in [5.41, 5.74) is 0.818. The third-order valence-electron chi connectivity index (χ3n) is 2.10. The fourth-order valence-electron chi connectivity index (χ4n) is 1.29. The first kappa shape index (κ1) is 8.96. The third-order valence-corrected chi connectivity index (χ3v) is 2.10. The molecule has 1 aromatic rings. The van der Waals surface area contributed by atoms with Gasteiger partial charge in [-0.25, -0.2) is 0 Å². The topological polar surface area (TPSA) is 64.9 Å². The largest absolute Gasteiger partial charge is 0.490 e. The lowest BCUT2D eigenvalue weighted by Crippen LogP contribution is -1.94. The molecule has 5 heteroatoms. The van der Waals surface area contributed by atoms with Crippen molar-refractivity contribution in [1.29, 1.82) is 0 Å². The van der Waals surface area contributed by atoms with Crippen LogP contribution in [-0.4, -0.2) is 18.6 Å². The second-order valence-electron chi connectivity index (χ2n) is 3.01. The summed E-state index contributed by atoms with van der Waals surface area (Å²) in [7, 11) is 1.41. The lowest BCUT2D eigenvalue weighted by molar-refractivity contribution is -0.385. The van der Waals surface area contributed by atoms with E-state index in [1.54, 1.807) is 12.1 Å². The van der Waals surface area contributed by atoms with Gasteiger partial charge in [0.25, 0.3) is 0 Å². The van der Waals surface area contributed by atoms with Crippen LogP contribution in [0.2, 0.25) is 0 Å². The van der Waals surface area contributed by atoms with Gasteiger partial charge in [0, 0.05) is 6.07 Å². The Kier molecular flexibility index (Phi) is 2.09. The van der Waals surface area contributed by atoms with Gasteiger partial charge in [0.1, 0.15) is 6.10 Å². The molecule has 1 aliphatic heterocycles. The molecule has 0 aliphatic carbocycles. The first-order valence-corrected chi connectivity index (χ1v) is 4.16. The van der Waals surface area contributed by atoms with Crippen LogP contribution in [0.15, 0.2) is 18.2 Å². The summed E-state index contributed by atoms with van der Waals surface area (Å²) in [6.07, 6.45) is 0.0274. The van der Waals surface area contributed by atoms with E-state index in [1.165, 1.54) is 13.2 Å². The van der Waals surface area contributed by atoms with E-state index in [-0.39, 0.29) is 17.5 Å². The van der Waals surface area contributed by atoms with E-state index >= 15 is 0 Å². The van der Waals surface area contributed by atoms with Crippen LogP contribution in [0.25, 0.3) is 0 Å². The van der Waals surface area contributed by atoms with Gasteiger partial charge in [0.2, 0.25) is 0 Å². The van der Waals surface area contributed by atoms with E-state index in [2.05, 4.69) is 0 Å². The van der Waals surface area contributed by atoms with Gasteiger partial charge < -0.3 is 9.47 Å². The number of ether oxygens (including phenoxy) is 2. The summed E-state index contributed by atoms with van der Waals surface area (Å²) >= 11 is 0. The number of benzene rings is 1. The van der Waals surface area contributed by atoms with Crippen molar-refractivity contribution < 1.29 is 14.4 Å². The number of nitro benzene ring substituents is 1. The molecule has 1 aliphatic rings. The Morgan fingerprint density at radius 3 is 2.86 bits per heavy atom. The van der Waals surface area contributed by atoms with Gasteiger partial charge in [-0.1, -0.05) is 6.07 Å². The van der Waals surface area contributed by atoms with Gasteiger partial charge in [-0.05, 0) is 11.6 Å². The minimum atomic E-state index is -0.454. The van der Waals surface area contributed by atoms with Crippen LogP contribution in [-0.2, 0) is 4.74 Å². The number of epoxide rings is 1. The molecule has 2 rings (SSSR count). The Hall–Kier alpha value is -1.62. The number of hydrogen-bond acceptors (Lipinski definition) is 4. The molecular formula is C9H9NO4. The summed E-state index contributed by atoms with van der Waals surface area (Å²) in [6.45, 7) is 0.642. The molecule has 74 valence electrons. The van der Waals surface area contributed by atoms with Crippen molar-refractivity contribution in [1.82, 2.24) is 0 Å². The van der Waals surface area contributed by atoms with Crippen LogP contribution < -0.4 is 4.74 Å². The Labute approximate surface area is 80.4 Å². The molecule has 0 unspecified atom stereocenters. The predicted octanol–water partition coefficient (Wildman–Crippen LogP) is 1.67. The average molecular weight is 195 g/mol. The SMILES string of the molecule is COc1ccc([C@@H]2CO2)cc1[N+](=O)[O-]. The molecule has 0 bridgehead atoms. The molecule has 1 atom stereocenters. The lowest BCUT2D eigenvalue weighted by atomic mass is 10.1. The number of rotatable bonds is 3. The van der Waals surface area contributed by atoms with Gasteiger partial charge >= 0.3 is 5.69 Å². The van der Waals surface area contributed by atoms with Crippen LogP contribution in [0.5, 0.6) is 5.75 Å². The van der Waals surface area contributed by atoms with Crippen LogP contribution >= 0.6 is 0 Å². The molecule has 0 aromatic heterocycles. The zero-order valence-corrected chi connectivity index (χ0v) is 7.60. The summed E-state index contributed by atoms with van der Waals surface area (Å²) in [5.74, 6) is 0.277. The molecule has 1 fully saturated rings. The fourth-order valence-corrected chi connectivity index (χ4v) is 1.29. The zero-order chi connectivity index (χ0) is 10.1. The summed E-state index contributed by atoms with van der Waals surface area (Å²) < 4.78 is 9.92. The van der Waals surface area contributed by atoms with Gasteiger partial charge in [-0.2, -0.15) is 0 Å². The Balaban J connectivity index is 2.40. The molecule has 14 heavy (non-hydrogen) atoms. The number of nitro groups is 1. The highest BCUT2D eigenvalue weighted by atomic mass is 16.6. The normalized spacial score (nSPS) is 19.1. The van der Waals surface area contributed by atoms with Crippen molar-refractivity contribution in [3.05, 3.63) is 33.9 Å². The van der Waals surface area contributed by atoms with Crippen molar-refractivity contribution in [2.45, 2.75) is 6.10 Å². The van der Waals surface area contributed by atoms with Crippen LogP contribution in [0.3, 0.4) is 0 Å². The van der Waals surface area contributed by atoms with E-state index in [1.807, 2.05) is 0 Å². The Morgan fingerprint density at radius 1 is 1.64 bits per heavy atom. The molecule has 5 nitrogen and oxygen atoms in total. The monoisotopic (exact) mass is 195 g/mol.